The Morgan fingerprint density at radius 3 is 1.48 bits per heavy atom. The predicted molar refractivity (Wildman–Crippen MR) is 100 cm³/mol. The summed E-state index contributed by atoms with van der Waals surface area (Å²) in [7, 11) is 0. The second kappa shape index (κ2) is 11.4. The lowest BCUT2D eigenvalue weighted by molar-refractivity contribution is 0.130. The van der Waals surface area contributed by atoms with Crippen LogP contribution in [0.1, 0.15) is 36.8 Å². The Morgan fingerprint density at radius 1 is 0.609 bits per heavy atom. The van der Waals surface area contributed by atoms with Gasteiger partial charge >= 0.3 is 0 Å². The summed E-state index contributed by atoms with van der Waals surface area (Å²) in [6.45, 7) is 1.70. The van der Waals surface area contributed by atoms with E-state index in [0.29, 0.717) is 0 Å². The Morgan fingerprint density at radius 2 is 1.04 bits per heavy atom. The fourth-order valence-corrected chi connectivity index (χ4v) is 2.28. The van der Waals surface area contributed by atoms with Crippen LogP contribution in [-0.4, -0.2) is 13.2 Å². The molecule has 0 fully saturated rings. The largest absolute Gasteiger partial charge is 0.381 e. The van der Waals surface area contributed by atoms with E-state index in [4.69, 9.17) is 4.74 Å². The van der Waals surface area contributed by atoms with Gasteiger partial charge in [0.25, 0.3) is 0 Å². The third kappa shape index (κ3) is 8.18. The molecule has 0 N–H and O–H groups in total. The molecule has 0 atom stereocenters. The van der Waals surface area contributed by atoms with Crippen LogP contribution < -0.4 is 0 Å². The molecule has 0 radical (unpaired) electrons. The Kier molecular flexibility index (Phi) is 8.58. The van der Waals surface area contributed by atoms with Gasteiger partial charge in [0.1, 0.15) is 0 Å². The second-order valence-corrected chi connectivity index (χ2v) is 5.52. The summed E-state index contributed by atoms with van der Waals surface area (Å²) >= 11 is 0. The first-order chi connectivity index (χ1) is 11.4. The van der Waals surface area contributed by atoms with Crippen LogP contribution in [0.3, 0.4) is 0 Å². The van der Waals surface area contributed by atoms with Gasteiger partial charge in [-0.3, -0.25) is 0 Å². The zero-order chi connectivity index (χ0) is 16.0. The van der Waals surface area contributed by atoms with Gasteiger partial charge in [0.2, 0.25) is 0 Å². The predicted octanol–water partition coefficient (Wildman–Crippen LogP) is 5.99. The van der Waals surface area contributed by atoms with Crippen molar-refractivity contribution in [2.45, 2.75) is 25.7 Å². The molecule has 2 aromatic carbocycles. The minimum Gasteiger partial charge on any atom is -0.381 e. The molecule has 2 aromatic rings. The van der Waals surface area contributed by atoms with Crippen molar-refractivity contribution in [3.8, 4) is 0 Å². The van der Waals surface area contributed by atoms with Crippen molar-refractivity contribution in [1.82, 2.24) is 0 Å². The normalized spacial score (nSPS) is 11.5. The van der Waals surface area contributed by atoms with Crippen molar-refractivity contribution >= 4 is 12.2 Å². The van der Waals surface area contributed by atoms with E-state index in [1.807, 2.05) is 12.1 Å². The van der Waals surface area contributed by atoms with Crippen LogP contribution in [0.25, 0.3) is 12.2 Å². The molecule has 0 spiro atoms. The van der Waals surface area contributed by atoms with Crippen LogP contribution >= 0.6 is 0 Å². The van der Waals surface area contributed by atoms with Gasteiger partial charge < -0.3 is 4.74 Å². The Labute approximate surface area is 140 Å². The van der Waals surface area contributed by atoms with Gasteiger partial charge in [-0.05, 0) is 36.8 Å². The first kappa shape index (κ1) is 17.2. The van der Waals surface area contributed by atoms with Crippen LogP contribution in [0.2, 0.25) is 0 Å². The van der Waals surface area contributed by atoms with E-state index >= 15 is 0 Å². The fraction of sp³-hybridized carbons (Fsp3) is 0.273. The molecule has 2 rings (SSSR count). The standard InChI is InChI=1S/C22H26O/c1-5-13-21(14-6-1)17-9-3-11-19-23-20-12-4-10-18-22-15-7-2-8-16-22/h1-2,5-10,13-18H,3-4,11-12,19-20H2. The number of ether oxygens (including phenoxy) is 1. The first-order valence-corrected chi connectivity index (χ1v) is 8.46. The third-order valence-electron chi connectivity index (χ3n) is 3.54. The molecule has 0 amide bonds. The van der Waals surface area contributed by atoms with Crippen LogP contribution in [0.4, 0.5) is 0 Å². The van der Waals surface area contributed by atoms with Gasteiger partial charge in [0.05, 0.1) is 0 Å². The molecule has 1 heteroatoms. The van der Waals surface area contributed by atoms with E-state index in [2.05, 4.69) is 72.8 Å². The monoisotopic (exact) mass is 306 g/mol. The summed E-state index contributed by atoms with van der Waals surface area (Å²) < 4.78 is 5.67. The summed E-state index contributed by atoms with van der Waals surface area (Å²) in [5.74, 6) is 0. The highest BCUT2D eigenvalue weighted by molar-refractivity contribution is 5.49. The summed E-state index contributed by atoms with van der Waals surface area (Å²) in [4.78, 5) is 0. The third-order valence-corrected chi connectivity index (χ3v) is 3.54. The van der Waals surface area contributed by atoms with Gasteiger partial charge in [-0.1, -0.05) is 85.0 Å². The molecule has 0 heterocycles. The van der Waals surface area contributed by atoms with Crippen molar-refractivity contribution in [2.75, 3.05) is 13.2 Å². The average Bonchev–Trinajstić information content (AvgIpc) is 2.61. The van der Waals surface area contributed by atoms with Crippen molar-refractivity contribution in [2.24, 2.45) is 0 Å². The molecule has 0 saturated heterocycles. The van der Waals surface area contributed by atoms with Gasteiger partial charge in [0, 0.05) is 13.2 Å². The molecule has 0 aliphatic carbocycles. The minimum atomic E-state index is 0.849. The highest BCUT2D eigenvalue weighted by atomic mass is 16.5. The zero-order valence-electron chi connectivity index (χ0n) is 13.7. The minimum absolute atomic E-state index is 0.849. The molecule has 120 valence electrons. The van der Waals surface area contributed by atoms with Crippen molar-refractivity contribution in [3.05, 3.63) is 83.9 Å². The Balaban J connectivity index is 1.44. The highest BCUT2D eigenvalue weighted by Gasteiger charge is 1.89. The lowest BCUT2D eigenvalue weighted by Crippen LogP contribution is -1.95. The van der Waals surface area contributed by atoms with E-state index in [1.54, 1.807) is 0 Å². The summed E-state index contributed by atoms with van der Waals surface area (Å²) in [6, 6.07) is 20.8. The zero-order valence-corrected chi connectivity index (χ0v) is 13.7. The van der Waals surface area contributed by atoms with Crippen LogP contribution in [-0.2, 0) is 4.74 Å². The first-order valence-electron chi connectivity index (χ1n) is 8.46. The number of hydrogen-bond donors (Lipinski definition) is 0. The molecule has 0 aromatic heterocycles. The molecule has 0 aliphatic heterocycles. The van der Waals surface area contributed by atoms with E-state index in [0.717, 1.165) is 38.9 Å². The van der Waals surface area contributed by atoms with Gasteiger partial charge in [0.15, 0.2) is 0 Å². The average molecular weight is 306 g/mol. The van der Waals surface area contributed by atoms with Gasteiger partial charge in [-0.15, -0.1) is 0 Å². The molecular weight excluding hydrogens is 280 g/mol. The number of allylic oxidation sites excluding steroid dienone is 2. The number of rotatable bonds is 10. The van der Waals surface area contributed by atoms with E-state index in [9.17, 15) is 0 Å². The molecule has 0 aliphatic rings. The quantitative estimate of drug-likeness (QED) is 0.490. The summed E-state index contributed by atoms with van der Waals surface area (Å²) in [5, 5.41) is 0. The molecular formula is C22H26O. The van der Waals surface area contributed by atoms with Crippen LogP contribution in [0, 0.1) is 0 Å². The Bertz CT molecular complexity index is 516. The second-order valence-electron chi connectivity index (χ2n) is 5.52. The van der Waals surface area contributed by atoms with Gasteiger partial charge in [-0.2, -0.15) is 0 Å². The van der Waals surface area contributed by atoms with Crippen molar-refractivity contribution < 1.29 is 4.74 Å². The molecule has 23 heavy (non-hydrogen) atoms. The topological polar surface area (TPSA) is 9.23 Å². The van der Waals surface area contributed by atoms with Crippen molar-refractivity contribution in [1.29, 1.82) is 0 Å². The van der Waals surface area contributed by atoms with Gasteiger partial charge in [-0.25, -0.2) is 0 Å². The maximum atomic E-state index is 5.67. The Hall–Kier alpha value is -2.12. The highest BCUT2D eigenvalue weighted by Crippen LogP contribution is 2.04. The van der Waals surface area contributed by atoms with E-state index in [1.165, 1.54) is 11.1 Å². The smallest absolute Gasteiger partial charge is 0.0468 e. The lowest BCUT2D eigenvalue weighted by Gasteiger charge is -2.01. The number of benzene rings is 2. The SMILES string of the molecule is C(=Cc1ccccc1)CCCOCCCC=Cc1ccccc1. The van der Waals surface area contributed by atoms with E-state index < -0.39 is 0 Å². The number of hydrogen-bond acceptors (Lipinski definition) is 1. The maximum absolute atomic E-state index is 5.67. The summed E-state index contributed by atoms with van der Waals surface area (Å²) in [5.41, 5.74) is 2.53. The van der Waals surface area contributed by atoms with Crippen LogP contribution in [0.15, 0.2) is 72.8 Å². The molecule has 0 unspecified atom stereocenters. The van der Waals surface area contributed by atoms with Crippen molar-refractivity contribution in [3.63, 3.8) is 0 Å². The molecule has 1 nitrogen and oxygen atoms in total. The number of unbranched alkanes of at least 4 members (excludes halogenated alkanes) is 2. The molecule has 0 saturated carbocycles. The molecule has 0 bridgehead atoms. The summed E-state index contributed by atoms with van der Waals surface area (Å²) in [6.07, 6.45) is 13.1. The maximum Gasteiger partial charge on any atom is 0.0468 e. The lowest BCUT2D eigenvalue weighted by atomic mass is 10.2. The fourth-order valence-electron chi connectivity index (χ4n) is 2.28. The van der Waals surface area contributed by atoms with Crippen LogP contribution in [0.5, 0.6) is 0 Å². The van der Waals surface area contributed by atoms with E-state index in [-0.39, 0.29) is 0 Å².